The van der Waals surface area contributed by atoms with Crippen molar-refractivity contribution in [2.24, 2.45) is 5.92 Å². The highest BCUT2D eigenvalue weighted by Gasteiger charge is 2.31. The second-order valence-electron chi connectivity index (χ2n) is 7.56. The van der Waals surface area contributed by atoms with Gasteiger partial charge in [-0.2, -0.15) is 13.2 Å². The van der Waals surface area contributed by atoms with Gasteiger partial charge < -0.3 is 20.9 Å². The summed E-state index contributed by atoms with van der Waals surface area (Å²) < 4.78 is 50.0. The first-order valence-corrected chi connectivity index (χ1v) is 10.4. The lowest BCUT2D eigenvalue weighted by atomic mass is 9.85. The highest BCUT2D eigenvalue weighted by Crippen LogP contribution is 2.28. The average molecular weight is 490 g/mol. The normalized spacial score (nSPS) is 18.5. The number of benzene rings is 1. The molecule has 0 aliphatic heterocycles. The third-order valence-electron chi connectivity index (χ3n) is 5.15. The minimum atomic E-state index is -4.59. The number of rotatable bonds is 6. The van der Waals surface area contributed by atoms with Crippen LogP contribution in [0.4, 0.5) is 23.2 Å². The second-order valence-corrected chi connectivity index (χ2v) is 7.97. The molecular weight excluding hydrogens is 470 g/mol. The summed E-state index contributed by atoms with van der Waals surface area (Å²) in [5.41, 5.74) is -0.394. The fourth-order valence-corrected chi connectivity index (χ4v) is 3.70. The lowest BCUT2D eigenvalue weighted by Gasteiger charge is -2.28. The predicted molar refractivity (Wildman–Crippen MR) is 110 cm³/mol. The SMILES string of the molecule is O=C(NC1CCC(C(=O)Nc2ccc(F)cc2Cl)CC1)c1nc[nH]c1C(=O)NCC(F)(F)F. The van der Waals surface area contributed by atoms with Crippen molar-refractivity contribution in [2.45, 2.75) is 37.9 Å². The van der Waals surface area contributed by atoms with E-state index in [1.54, 1.807) is 5.32 Å². The van der Waals surface area contributed by atoms with Crippen LogP contribution in [0.15, 0.2) is 24.5 Å². The summed E-state index contributed by atoms with van der Waals surface area (Å²) in [7, 11) is 0. The Kier molecular flexibility index (Phi) is 7.57. The predicted octanol–water partition coefficient (Wildman–Crippen LogP) is 3.42. The van der Waals surface area contributed by atoms with Crippen LogP contribution in [-0.2, 0) is 4.79 Å². The topological polar surface area (TPSA) is 116 Å². The molecule has 3 rings (SSSR count). The van der Waals surface area contributed by atoms with Crippen LogP contribution in [0.1, 0.15) is 46.7 Å². The van der Waals surface area contributed by atoms with Gasteiger partial charge in [0.25, 0.3) is 11.8 Å². The van der Waals surface area contributed by atoms with Crippen molar-refractivity contribution in [1.29, 1.82) is 0 Å². The molecule has 0 saturated heterocycles. The van der Waals surface area contributed by atoms with Crippen LogP contribution in [0.25, 0.3) is 0 Å². The average Bonchev–Trinajstić information content (AvgIpc) is 3.24. The van der Waals surface area contributed by atoms with E-state index in [-0.39, 0.29) is 34.3 Å². The maximum Gasteiger partial charge on any atom is 0.405 e. The molecule has 0 atom stereocenters. The molecule has 0 unspecified atom stereocenters. The first-order valence-electron chi connectivity index (χ1n) is 9.98. The van der Waals surface area contributed by atoms with E-state index in [2.05, 4.69) is 20.6 Å². The fraction of sp³-hybridized carbons (Fsp3) is 0.400. The summed E-state index contributed by atoms with van der Waals surface area (Å²) in [5, 5.41) is 7.12. The summed E-state index contributed by atoms with van der Waals surface area (Å²) in [5.74, 6) is -2.95. The first kappa shape index (κ1) is 24.5. The molecule has 1 aromatic heterocycles. The summed E-state index contributed by atoms with van der Waals surface area (Å²) >= 11 is 5.92. The van der Waals surface area contributed by atoms with Crippen LogP contribution in [0.2, 0.25) is 5.02 Å². The number of halogens is 5. The molecule has 0 radical (unpaired) electrons. The number of alkyl halides is 3. The molecule has 1 aliphatic rings. The molecule has 1 aliphatic carbocycles. The first-order chi connectivity index (χ1) is 15.5. The summed E-state index contributed by atoms with van der Waals surface area (Å²) in [6.07, 6.45) is -1.73. The smallest absolute Gasteiger partial charge is 0.348 e. The van der Waals surface area contributed by atoms with Gasteiger partial charge in [0.1, 0.15) is 18.1 Å². The number of amides is 3. The molecule has 13 heteroatoms. The fourth-order valence-electron chi connectivity index (χ4n) is 3.49. The van der Waals surface area contributed by atoms with E-state index in [4.69, 9.17) is 11.6 Å². The molecule has 1 heterocycles. The van der Waals surface area contributed by atoms with Gasteiger partial charge >= 0.3 is 6.18 Å². The molecule has 3 amide bonds. The van der Waals surface area contributed by atoms with Gasteiger partial charge in [-0.25, -0.2) is 9.37 Å². The van der Waals surface area contributed by atoms with E-state index in [1.165, 1.54) is 12.1 Å². The highest BCUT2D eigenvalue weighted by molar-refractivity contribution is 6.33. The highest BCUT2D eigenvalue weighted by atomic mass is 35.5. The van der Waals surface area contributed by atoms with Gasteiger partial charge in [0.2, 0.25) is 5.91 Å². The third-order valence-corrected chi connectivity index (χ3v) is 5.47. The zero-order chi connectivity index (χ0) is 24.2. The summed E-state index contributed by atoms with van der Waals surface area (Å²) in [6, 6.07) is 3.34. The number of carbonyl (C=O) groups is 3. The number of hydrogen-bond donors (Lipinski definition) is 4. The minimum absolute atomic E-state index is 0.0818. The van der Waals surface area contributed by atoms with Gasteiger partial charge in [-0.05, 0) is 43.9 Å². The number of aromatic nitrogens is 2. The number of carbonyl (C=O) groups excluding carboxylic acids is 3. The monoisotopic (exact) mass is 489 g/mol. The van der Waals surface area contributed by atoms with Crippen LogP contribution < -0.4 is 16.0 Å². The second kappa shape index (κ2) is 10.2. The molecule has 4 N–H and O–H groups in total. The van der Waals surface area contributed by atoms with E-state index < -0.39 is 30.4 Å². The maximum atomic E-state index is 13.1. The largest absolute Gasteiger partial charge is 0.405 e. The van der Waals surface area contributed by atoms with Crippen LogP contribution in [-0.4, -0.2) is 46.5 Å². The quantitative estimate of drug-likeness (QED) is 0.465. The molecule has 1 saturated carbocycles. The van der Waals surface area contributed by atoms with Gasteiger partial charge in [-0.3, -0.25) is 14.4 Å². The molecule has 0 spiro atoms. The Morgan fingerprint density at radius 1 is 1.12 bits per heavy atom. The van der Waals surface area contributed by atoms with Crippen LogP contribution in [0.3, 0.4) is 0 Å². The molecule has 33 heavy (non-hydrogen) atoms. The van der Waals surface area contributed by atoms with Gasteiger partial charge in [-0.1, -0.05) is 11.6 Å². The van der Waals surface area contributed by atoms with Gasteiger partial charge in [0, 0.05) is 12.0 Å². The number of imidazole rings is 1. The van der Waals surface area contributed by atoms with Crippen LogP contribution in [0.5, 0.6) is 0 Å². The zero-order valence-electron chi connectivity index (χ0n) is 17.1. The molecule has 1 aromatic carbocycles. The summed E-state index contributed by atoms with van der Waals surface area (Å²) in [4.78, 5) is 43.0. The standard InChI is InChI=1S/C20H20ClF4N5O3/c21-13-7-11(22)3-6-14(13)30-17(31)10-1-4-12(5-2-10)29-19(33)16-15(27-9-28-16)18(32)26-8-20(23,24)25/h3,6-7,9-10,12H,1-2,4-5,8H2,(H,26,32)(H,27,28)(H,29,33)(H,30,31). The number of anilines is 1. The Hall–Kier alpha value is -3.15. The Balaban J connectivity index is 1.51. The van der Waals surface area contributed by atoms with E-state index in [9.17, 15) is 31.9 Å². The van der Waals surface area contributed by atoms with Gasteiger partial charge in [0.15, 0.2) is 5.69 Å². The minimum Gasteiger partial charge on any atom is -0.348 e. The van der Waals surface area contributed by atoms with Crippen molar-refractivity contribution >= 4 is 35.0 Å². The van der Waals surface area contributed by atoms with Crippen molar-refractivity contribution in [3.05, 3.63) is 46.8 Å². The van der Waals surface area contributed by atoms with E-state index in [1.807, 2.05) is 0 Å². The molecular formula is C20H20ClF4N5O3. The van der Waals surface area contributed by atoms with Crippen molar-refractivity contribution in [1.82, 2.24) is 20.6 Å². The van der Waals surface area contributed by atoms with Crippen LogP contribution >= 0.6 is 11.6 Å². The van der Waals surface area contributed by atoms with E-state index in [0.717, 1.165) is 12.4 Å². The Morgan fingerprint density at radius 2 is 1.82 bits per heavy atom. The number of nitrogens with one attached hydrogen (secondary N) is 4. The number of aromatic amines is 1. The molecule has 178 valence electrons. The van der Waals surface area contributed by atoms with E-state index >= 15 is 0 Å². The molecule has 1 fully saturated rings. The lowest BCUT2D eigenvalue weighted by molar-refractivity contribution is -0.123. The molecule has 2 aromatic rings. The number of hydrogen-bond acceptors (Lipinski definition) is 4. The number of H-pyrrole nitrogens is 1. The Morgan fingerprint density at radius 3 is 2.45 bits per heavy atom. The lowest BCUT2D eigenvalue weighted by Crippen LogP contribution is -2.41. The van der Waals surface area contributed by atoms with E-state index in [0.29, 0.717) is 31.4 Å². The zero-order valence-corrected chi connectivity index (χ0v) is 17.8. The van der Waals surface area contributed by atoms with Gasteiger partial charge in [-0.15, -0.1) is 0 Å². The number of nitrogens with zero attached hydrogens (tertiary/aromatic N) is 1. The Bertz CT molecular complexity index is 1030. The molecule has 8 nitrogen and oxygen atoms in total. The van der Waals surface area contributed by atoms with Crippen molar-refractivity contribution in [3.63, 3.8) is 0 Å². The Labute approximate surface area is 190 Å². The van der Waals surface area contributed by atoms with Crippen molar-refractivity contribution < 1.29 is 31.9 Å². The van der Waals surface area contributed by atoms with Crippen molar-refractivity contribution in [3.8, 4) is 0 Å². The third kappa shape index (κ3) is 6.67. The van der Waals surface area contributed by atoms with Crippen molar-refractivity contribution in [2.75, 3.05) is 11.9 Å². The maximum absolute atomic E-state index is 13.1. The molecule has 0 bridgehead atoms. The van der Waals surface area contributed by atoms with Gasteiger partial charge in [0.05, 0.1) is 17.0 Å². The van der Waals surface area contributed by atoms with Crippen LogP contribution in [0, 0.1) is 11.7 Å². The summed E-state index contributed by atoms with van der Waals surface area (Å²) in [6.45, 7) is -1.54.